The van der Waals surface area contributed by atoms with Gasteiger partial charge in [0.2, 0.25) is 0 Å². The largest absolute Gasteiger partial charge is 0.294 e. The van der Waals surface area contributed by atoms with Crippen LogP contribution in [-0.4, -0.2) is 5.78 Å². The first-order valence-corrected chi connectivity index (χ1v) is 7.64. The number of benzene rings is 2. The molecule has 0 atom stereocenters. The highest BCUT2D eigenvalue weighted by Crippen LogP contribution is 2.22. The lowest BCUT2D eigenvalue weighted by Gasteiger charge is -2.05. The monoisotopic (exact) mass is 452 g/mol. The molecular formula is C14H8BrClFIO. The van der Waals surface area contributed by atoms with Crippen molar-refractivity contribution in [1.29, 1.82) is 0 Å². The fraction of sp³-hybridized carbons (Fsp3) is 0.0714. The zero-order valence-electron chi connectivity index (χ0n) is 9.59. The Morgan fingerprint density at radius 2 is 2.00 bits per heavy atom. The van der Waals surface area contributed by atoms with Crippen LogP contribution >= 0.6 is 50.1 Å². The number of hydrogen-bond acceptors (Lipinski definition) is 1. The maximum atomic E-state index is 13.1. The van der Waals surface area contributed by atoms with Crippen LogP contribution in [0.3, 0.4) is 0 Å². The van der Waals surface area contributed by atoms with Gasteiger partial charge in [0, 0.05) is 20.0 Å². The van der Waals surface area contributed by atoms with Crippen LogP contribution in [0, 0.1) is 9.39 Å². The number of carbonyl (C=O) groups is 1. The fourth-order valence-corrected chi connectivity index (χ4v) is 2.80. The standard InChI is InChI=1S/C14H8BrClFIO/c15-11-3-2-9(18)7-10(11)14(19)6-8-1-4-13(17)12(16)5-8/h1-5,7H,6H2. The van der Waals surface area contributed by atoms with E-state index in [1.165, 1.54) is 12.1 Å². The lowest BCUT2D eigenvalue weighted by atomic mass is 10.0. The molecule has 0 bridgehead atoms. The molecular weight excluding hydrogens is 445 g/mol. The maximum absolute atomic E-state index is 13.1. The summed E-state index contributed by atoms with van der Waals surface area (Å²) in [5.74, 6) is -0.513. The lowest BCUT2D eigenvalue weighted by molar-refractivity contribution is 0.0992. The van der Waals surface area contributed by atoms with E-state index in [-0.39, 0.29) is 17.2 Å². The van der Waals surface area contributed by atoms with Crippen molar-refractivity contribution >= 4 is 55.9 Å². The molecule has 2 rings (SSSR count). The molecule has 98 valence electrons. The molecule has 2 aromatic rings. The summed E-state index contributed by atoms with van der Waals surface area (Å²) in [6.07, 6.45) is 0.193. The first-order chi connectivity index (χ1) is 8.97. The predicted molar refractivity (Wildman–Crippen MR) is 86.3 cm³/mol. The number of hydrogen-bond donors (Lipinski definition) is 0. The predicted octanol–water partition coefficient (Wildman–Crippen LogP) is 5.27. The summed E-state index contributed by atoms with van der Waals surface area (Å²) in [6.45, 7) is 0. The number of halogens is 4. The van der Waals surface area contributed by atoms with E-state index in [9.17, 15) is 9.18 Å². The van der Waals surface area contributed by atoms with Gasteiger partial charge < -0.3 is 0 Å². The molecule has 0 aliphatic heterocycles. The van der Waals surface area contributed by atoms with Crippen molar-refractivity contribution in [2.24, 2.45) is 0 Å². The Kier molecular flexibility index (Phi) is 4.97. The highest BCUT2D eigenvalue weighted by atomic mass is 127. The van der Waals surface area contributed by atoms with E-state index in [0.29, 0.717) is 11.1 Å². The third-order valence-electron chi connectivity index (χ3n) is 2.58. The molecule has 2 aromatic carbocycles. The molecule has 19 heavy (non-hydrogen) atoms. The van der Waals surface area contributed by atoms with E-state index in [0.717, 1.165) is 8.04 Å². The Bertz CT molecular complexity index is 645. The van der Waals surface area contributed by atoms with Crippen molar-refractivity contribution in [3.8, 4) is 0 Å². The van der Waals surface area contributed by atoms with Gasteiger partial charge in [0.05, 0.1) is 5.02 Å². The molecule has 0 radical (unpaired) electrons. The summed E-state index contributed by atoms with van der Waals surface area (Å²) in [5.41, 5.74) is 1.31. The third-order valence-corrected chi connectivity index (χ3v) is 4.23. The molecule has 0 amide bonds. The molecule has 0 unspecified atom stereocenters. The molecule has 0 aliphatic rings. The van der Waals surface area contributed by atoms with Crippen molar-refractivity contribution in [2.45, 2.75) is 6.42 Å². The van der Waals surface area contributed by atoms with Crippen LogP contribution < -0.4 is 0 Å². The molecule has 0 aromatic heterocycles. The minimum Gasteiger partial charge on any atom is -0.294 e. The van der Waals surface area contributed by atoms with E-state index in [2.05, 4.69) is 38.5 Å². The molecule has 5 heteroatoms. The summed E-state index contributed by atoms with van der Waals surface area (Å²) in [6, 6.07) is 9.90. The van der Waals surface area contributed by atoms with Crippen LogP contribution in [0.25, 0.3) is 0 Å². The van der Waals surface area contributed by atoms with Crippen molar-refractivity contribution in [2.75, 3.05) is 0 Å². The van der Waals surface area contributed by atoms with Crippen LogP contribution in [0.15, 0.2) is 40.9 Å². The first-order valence-electron chi connectivity index (χ1n) is 5.39. The van der Waals surface area contributed by atoms with Crippen LogP contribution in [0.5, 0.6) is 0 Å². The van der Waals surface area contributed by atoms with Gasteiger partial charge in [-0.1, -0.05) is 33.6 Å². The van der Waals surface area contributed by atoms with Crippen molar-refractivity contribution in [3.63, 3.8) is 0 Å². The number of carbonyl (C=O) groups excluding carboxylic acids is 1. The van der Waals surface area contributed by atoms with E-state index in [4.69, 9.17) is 11.6 Å². The van der Waals surface area contributed by atoms with E-state index >= 15 is 0 Å². The Labute approximate surface area is 137 Å². The minimum atomic E-state index is -0.478. The maximum Gasteiger partial charge on any atom is 0.168 e. The van der Waals surface area contributed by atoms with Gasteiger partial charge in [-0.15, -0.1) is 0 Å². The smallest absolute Gasteiger partial charge is 0.168 e. The van der Waals surface area contributed by atoms with Crippen LogP contribution in [-0.2, 0) is 6.42 Å². The molecule has 0 N–H and O–H groups in total. The Hall–Kier alpha value is -0.460. The highest BCUT2D eigenvalue weighted by molar-refractivity contribution is 14.1. The molecule has 0 saturated heterocycles. The van der Waals surface area contributed by atoms with Gasteiger partial charge >= 0.3 is 0 Å². The third kappa shape index (κ3) is 3.77. The zero-order chi connectivity index (χ0) is 14.0. The van der Waals surface area contributed by atoms with Crippen molar-refractivity contribution in [1.82, 2.24) is 0 Å². The van der Waals surface area contributed by atoms with E-state index < -0.39 is 5.82 Å². The summed E-state index contributed by atoms with van der Waals surface area (Å²) in [5, 5.41) is 0.0343. The van der Waals surface area contributed by atoms with E-state index in [1.807, 2.05) is 18.2 Å². The molecule has 0 heterocycles. The Morgan fingerprint density at radius 3 is 2.68 bits per heavy atom. The van der Waals surface area contributed by atoms with Crippen LogP contribution in [0.2, 0.25) is 5.02 Å². The quantitative estimate of drug-likeness (QED) is 0.457. The molecule has 0 fully saturated rings. The van der Waals surface area contributed by atoms with Gasteiger partial charge in [0.1, 0.15) is 5.82 Å². The zero-order valence-corrected chi connectivity index (χ0v) is 14.1. The van der Waals surface area contributed by atoms with Gasteiger partial charge in [0.15, 0.2) is 5.78 Å². The number of rotatable bonds is 3. The molecule has 1 nitrogen and oxygen atoms in total. The average molecular weight is 453 g/mol. The second-order valence-electron chi connectivity index (χ2n) is 3.97. The van der Waals surface area contributed by atoms with Gasteiger partial charge in [-0.05, 0) is 58.5 Å². The van der Waals surface area contributed by atoms with Gasteiger partial charge in [-0.25, -0.2) is 4.39 Å². The topological polar surface area (TPSA) is 17.1 Å². The number of ketones is 1. The van der Waals surface area contributed by atoms with Crippen LogP contribution in [0.1, 0.15) is 15.9 Å². The Morgan fingerprint density at radius 1 is 1.26 bits per heavy atom. The fourth-order valence-electron chi connectivity index (χ4n) is 1.64. The minimum absolute atomic E-state index is 0.0342. The molecule has 0 spiro atoms. The summed E-state index contributed by atoms with van der Waals surface area (Å²) < 4.78 is 14.8. The number of Topliss-reactive ketones (excluding diaryl/α,β-unsaturated/α-hetero) is 1. The highest BCUT2D eigenvalue weighted by Gasteiger charge is 2.12. The second kappa shape index (κ2) is 6.33. The van der Waals surface area contributed by atoms with E-state index in [1.54, 1.807) is 6.07 Å². The van der Waals surface area contributed by atoms with Crippen molar-refractivity contribution in [3.05, 3.63) is 66.4 Å². The normalized spacial score (nSPS) is 10.5. The molecule has 0 aliphatic carbocycles. The van der Waals surface area contributed by atoms with Gasteiger partial charge in [-0.3, -0.25) is 4.79 Å². The second-order valence-corrected chi connectivity index (χ2v) is 6.48. The first kappa shape index (κ1) is 14.9. The van der Waals surface area contributed by atoms with Gasteiger partial charge in [0.25, 0.3) is 0 Å². The van der Waals surface area contributed by atoms with Crippen molar-refractivity contribution < 1.29 is 9.18 Å². The Balaban J connectivity index is 2.25. The summed E-state index contributed by atoms with van der Waals surface area (Å²) in [4.78, 5) is 12.2. The summed E-state index contributed by atoms with van der Waals surface area (Å²) in [7, 11) is 0. The van der Waals surface area contributed by atoms with Gasteiger partial charge in [-0.2, -0.15) is 0 Å². The average Bonchev–Trinajstić information content (AvgIpc) is 2.36. The SMILES string of the molecule is O=C(Cc1ccc(F)c(Cl)c1)c1cc(I)ccc1Br. The summed E-state index contributed by atoms with van der Waals surface area (Å²) >= 11 is 11.2. The van der Waals surface area contributed by atoms with Crippen LogP contribution in [0.4, 0.5) is 4.39 Å². The molecule has 0 saturated carbocycles. The lowest BCUT2D eigenvalue weighted by Crippen LogP contribution is -2.05.